The van der Waals surface area contributed by atoms with E-state index in [0.29, 0.717) is 0 Å². The van der Waals surface area contributed by atoms with E-state index in [1.165, 1.54) is 72.0 Å². The summed E-state index contributed by atoms with van der Waals surface area (Å²) in [5.41, 5.74) is 13.7. The first-order valence-electron chi connectivity index (χ1n) is 15.2. The number of hydrogen-bond donors (Lipinski definition) is 0. The highest BCUT2D eigenvalue weighted by molar-refractivity contribution is 6.09. The quantitative estimate of drug-likeness (QED) is 0.190. The molecule has 0 saturated heterocycles. The first-order chi connectivity index (χ1) is 21.8. The summed E-state index contributed by atoms with van der Waals surface area (Å²) in [4.78, 5) is 0. The van der Waals surface area contributed by atoms with Gasteiger partial charge in [-0.05, 0) is 81.3 Å². The van der Waals surface area contributed by atoms with Crippen LogP contribution in [0.2, 0.25) is 0 Å². The van der Waals surface area contributed by atoms with Gasteiger partial charge >= 0.3 is 0 Å². The summed E-state index contributed by atoms with van der Waals surface area (Å²) in [6.45, 7) is 0. The van der Waals surface area contributed by atoms with Gasteiger partial charge in [0.15, 0.2) is 0 Å². The van der Waals surface area contributed by atoms with Crippen molar-refractivity contribution in [3.63, 3.8) is 0 Å². The summed E-state index contributed by atoms with van der Waals surface area (Å²) in [6, 6.07) is 63.7. The second-order valence-corrected chi connectivity index (χ2v) is 11.4. The van der Waals surface area contributed by atoms with Crippen LogP contribution in [0, 0.1) is 0 Å². The minimum atomic E-state index is 0.906. The fourth-order valence-corrected chi connectivity index (χ4v) is 6.45. The molecule has 44 heavy (non-hydrogen) atoms. The average Bonchev–Trinajstić information content (AvgIpc) is 3.44. The molecule has 0 fully saturated rings. The van der Waals surface area contributed by atoms with Gasteiger partial charge in [0.2, 0.25) is 0 Å². The molecular weight excluding hydrogens is 530 g/mol. The molecule has 0 saturated carbocycles. The number of nitrogens with zero attached hydrogens (tertiary/aromatic N) is 1. The highest BCUT2D eigenvalue weighted by Crippen LogP contribution is 2.34. The summed E-state index contributed by atoms with van der Waals surface area (Å²) < 4.78 is 2.38. The van der Waals surface area contributed by atoms with Gasteiger partial charge in [0, 0.05) is 16.5 Å². The lowest BCUT2D eigenvalue weighted by molar-refractivity contribution is 1.18. The molecule has 1 nitrogen and oxygen atoms in total. The molecule has 0 aliphatic heterocycles. The third kappa shape index (κ3) is 4.89. The first kappa shape index (κ1) is 26.0. The highest BCUT2D eigenvalue weighted by Gasteiger charge is 2.12. The van der Waals surface area contributed by atoms with Gasteiger partial charge in [-0.1, -0.05) is 146 Å². The summed E-state index contributed by atoms with van der Waals surface area (Å²) in [6.07, 6.45) is 0.906. The lowest BCUT2D eigenvalue weighted by Gasteiger charge is -2.12. The largest absolute Gasteiger partial charge is 0.309 e. The van der Waals surface area contributed by atoms with Gasteiger partial charge in [-0.3, -0.25) is 0 Å². The van der Waals surface area contributed by atoms with E-state index >= 15 is 0 Å². The van der Waals surface area contributed by atoms with Crippen LogP contribution in [0.15, 0.2) is 176 Å². The van der Waals surface area contributed by atoms with E-state index in [4.69, 9.17) is 0 Å². The van der Waals surface area contributed by atoms with Gasteiger partial charge in [-0.25, -0.2) is 0 Å². The number of benzene rings is 7. The molecular formula is C43H31N. The van der Waals surface area contributed by atoms with Crippen LogP contribution in [0.5, 0.6) is 0 Å². The van der Waals surface area contributed by atoms with Crippen LogP contribution in [-0.2, 0) is 6.42 Å². The van der Waals surface area contributed by atoms with Crippen molar-refractivity contribution in [2.45, 2.75) is 6.42 Å². The second-order valence-electron chi connectivity index (χ2n) is 11.4. The van der Waals surface area contributed by atoms with E-state index in [1.54, 1.807) is 0 Å². The van der Waals surface area contributed by atoms with Crippen molar-refractivity contribution in [1.29, 1.82) is 0 Å². The maximum Gasteiger partial charge on any atom is 0.0541 e. The minimum Gasteiger partial charge on any atom is -0.309 e. The molecule has 0 atom stereocenters. The monoisotopic (exact) mass is 561 g/mol. The molecule has 0 unspecified atom stereocenters. The number of fused-ring (bicyclic) bond motifs is 3. The number of aromatic nitrogens is 1. The molecule has 208 valence electrons. The number of hydrogen-bond acceptors (Lipinski definition) is 0. The Balaban J connectivity index is 1.10. The molecule has 0 radical (unpaired) electrons. The van der Waals surface area contributed by atoms with Crippen molar-refractivity contribution in [2.75, 3.05) is 0 Å². The van der Waals surface area contributed by atoms with E-state index in [0.717, 1.165) is 6.42 Å². The zero-order chi connectivity index (χ0) is 29.3. The van der Waals surface area contributed by atoms with Gasteiger partial charge in [0.25, 0.3) is 0 Å². The Morgan fingerprint density at radius 2 is 0.818 bits per heavy atom. The van der Waals surface area contributed by atoms with Crippen molar-refractivity contribution in [3.8, 4) is 39.1 Å². The Morgan fingerprint density at radius 3 is 1.50 bits per heavy atom. The molecule has 0 N–H and O–H groups in total. The van der Waals surface area contributed by atoms with Crippen molar-refractivity contribution >= 4 is 21.8 Å². The third-order valence-corrected chi connectivity index (χ3v) is 8.61. The Labute approximate surface area is 258 Å². The standard InChI is InChI=1S/C43H31N/c1-2-12-33(13-3-1)34-25-23-31(24-26-34)27-32-11-8-14-35(28-32)36-15-9-16-37(29-36)38-17-10-18-39(30-38)44-42-21-6-4-19-40(42)41-20-5-7-22-43(41)44/h1-26,28-30H,27H2. The zero-order valence-corrected chi connectivity index (χ0v) is 24.4. The Bertz CT molecular complexity index is 2180. The lowest BCUT2D eigenvalue weighted by atomic mass is 9.95. The van der Waals surface area contributed by atoms with Crippen LogP contribution in [0.4, 0.5) is 0 Å². The molecule has 8 rings (SSSR count). The van der Waals surface area contributed by atoms with Crippen molar-refractivity contribution in [2.24, 2.45) is 0 Å². The van der Waals surface area contributed by atoms with Crippen molar-refractivity contribution in [3.05, 3.63) is 187 Å². The van der Waals surface area contributed by atoms with Gasteiger partial charge < -0.3 is 4.57 Å². The van der Waals surface area contributed by atoms with Crippen LogP contribution in [0.1, 0.15) is 11.1 Å². The fraction of sp³-hybridized carbons (Fsp3) is 0.0233. The van der Waals surface area contributed by atoms with E-state index in [9.17, 15) is 0 Å². The topological polar surface area (TPSA) is 4.93 Å². The number of rotatable bonds is 6. The van der Waals surface area contributed by atoms with Gasteiger partial charge in [0.1, 0.15) is 0 Å². The Hall–Kier alpha value is -5.66. The summed E-state index contributed by atoms with van der Waals surface area (Å²) in [5, 5.41) is 2.56. The lowest BCUT2D eigenvalue weighted by Crippen LogP contribution is -1.94. The van der Waals surface area contributed by atoms with E-state index in [2.05, 4.69) is 180 Å². The van der Waals surface area contributed by atoms with Crippen LogP contribution >= 0.6 is 0 Å². The van der Waals surface area contributed by atoms with Gasteiger partial charge in [0.05, 0.1) is 11.0 Å². The fourth-order valence-electron chi connectivity index (χ4n) is 6.45. The predicted octanol–water partition coefficient (Wildman–Crippen LogP) is 11.4. The Morgan fingerprint density at radius 1 is 0.318 bits per heavy atom. The minimum absolute atomic E-state index is 0.906. The smallest absolute Gasteiger partial charge is 0.0541 e. The third-order valence-electron chi connectivity index (χ3n) is 8.61. The zero-order valence-electron chi connectivity index (χ0n) is 24.4. The average molecular weight is 562 g/mol. The molecule has 1 aromatic heterocycles. The number of para-hydroxylation sites is 2. The van der Waals surface area contributed by atoms with E-state index in [-0.39, 0.29) is 0 Å². The molecule has 0 aliphatic carbocycles. The maximum absolute atomic E-state index is 2.38. The molecule has 1 heteroatoms. The summed E-state index contributed by atoms with van der Waals surface area (Å²) in [5.74, 6) is 0. The molecule has 0 amide bonds. The molecule has 8 aromatic rings. The molecule has 0 spiro atoms. The summed E-state index contributed by atoms with van der Waals surface area (Å²) in [7, 11) is 0. The van der Waals surface area contributed by atoms with Gasteiger partial charge in [-0.15, -0.1) is 0 Å². The van der Waals surface area contributed by atoms with Crippen LogP contribution in [0.25, 0.3) is 60.9 Å². The van der Waals surface area contributed by atoms with Crippen LogP contribution in [0.3, 0.4) is 0 Å². The maximum atomic E-state index is 2.38. The molecule has 7 aromatic carbocycles. The van der Waals surface area contributed by atoms with E-state index < -0.39 is 0 Å². The predicted molar refractivity (Wildman–Crippen MR) is 186 cm³/mol. The van der Waals surface area contributed by atoms with Gasteiger partial charge in [-0.2, -0.15) is 0 Å². The van der Waals surface area contributed by atoms with Crippen molar-refractivity contribution in [1.82, 2.24) is 4.57 Å². The summed E-state index contributed by atoms with van der Waals surface area (Å²) >= 11 is 0. The van der Waals surface area contributed by atoms with Crippen molar-refractivity contribution < 1.29 is 0 Å². The molecule has 0 bridgehead atoms. The second kappa shape index (κ2) is 11.2. The highest BCUT2D eigenvalue weighted by atomic mass is 15.0. The Kier molecular flexibility index (Phi) is 6.62. The molecule has 1 heterocycles. The normalized spacial score (nSPS) is 11.3. The molecule has 0 aliphatic rings. The first-order valence-corrected chi connectivity index (χ1v) is 15.2. The van der Waals surface area contributed by atoms with Crippen LogP contribution in [-0.4, -0.2) is 4.57 Å². The van der Waals surface area contributed by atoms with Crippen LogP contribution < -0.4 is 0 Å². The van der Waals surface area contributed by atoms with E-state index in [1.807, 2.05) is 0 Å². The SMILES string of the molecule is c1ccc(-c2ccc(Cc3cccc(-c4cccc(-c5cccc(-n6c7ccccc7c7ccccc76)c5)c4)c3)cc2)cc1.